The van der Waals surface area contributed by atoms with E-state index < -0.39 is 0 Å². The highest BCUT2D eigenvalue weighted by atomic mass is 14.5. The van der Waals surface area contributed by atoms with Gasteiger partial charge in [0.2, 0.25) is 0 Å². The first-order valence-electron chi connectivity index (χ1n) is 8.24. The molecular weight excluding hydrogens is 204 g/mol. The molecule has 3 fully saturated rings. The maximum absolute atomic E-state index is 2.44. The fourth-order valence-corrected chi connectivity index (χ4v) is 5.25. The summed E-state index contributed by atoms with van der Waals surface area (Å²) in [6.07, 6.45) is 14.1. The van der Waals surface area contributed by atoms with Crippen molar-refractivity contribution in [2.45, 2.75) is 71.6 Å². The molecule has 98 valence electrons. The summed E-state index contributed by atoms with van der Waals surface area (Å²) in [4.78, 5) is 0. The lowest BCUT2D eigenvalue weighted by Gasteiger charge is -2.48. The second kappa shape index (κ2) is 4.94. The van der Waals surface area contributed by atoms with Crippen LogP contribution in [0.4, 0.5) is 0 Å². The van der Waals surface area contributed by atoms with E-state index in [1.54, 1.807) is 38.5 Å². The number of fused-ring (bicyclic) bond motifs is 2. The monoisotopic (exact) mass is 234 g/mol. The lowest BCUT2D eigenvalue weighted by molar-refractivity contribution is 0.0263. The Kier molecular flexibility index (Phi) is 3.50. The Labute approximate surface area is 108 Å². The number of rotatable bonds is 1. The fraction of sp³-hybridized carbons (Fsp3) is 1.00. The molecule has 0 amide bonds. The van der Waals surface area contributed by atoms with E-state index in [9.17, 15) is 0 Å². The van der Waals surface area contributed by atoms with E-state index in [1.165, 1.54) is 19.3 Å². The summed E-state index contributed by atoms with van der Waals surface area (Å²) in [5, 5.41) is 0. The van der Waals surface area contributed by atoms with Gasteiger partial charge in [-0.2, -0.15) is 0 Å². The van der Waals surface area contributed by atoms with E-state index in [0.717, 1.165) is 35.5 Å². The largest absolute Gasteiger partial charge is 0.0625 e. The molecule has 0 N–H and O–H groups in total. The minimum Gasteiger partial charge on any atom is -0.0625 e. The highest BCUT2D eigenvalue weighted by Crippen LogP contribution is 2.51. The second-order valence-corrected chi connectivity index (χ2v) is 7.61. The van der Waals surface area contributed by atoms with Gasteiger partial charge in [-0.15, -0.1) is 0 Å². The molecule has 0 radical (unpaired) electrons. The van der Waals surface area contributed by atoms with Crippen LogP contribution in [0.3, 0.4) is 0 Å². The van der Waals surface area contributed by atoms with Crippen LogP contribution in [-0.4, -0.2) is 0 Å². The molecule has 0 heteroatoms. The molecular formula is C17H30. The van der Waals surface area contributed by atoms with E-state index in [1.807, 2.05) is 0 Å². The first kappa shape index (κ1) is 12.1. The molecule has 0 aliphatic heterocycles. The van der Waals surface area contributed by atoms with Gasteiger partial charge in [0.25, 0.3) is 0 Å². The topological polar surface area (TPSA) is 0 Å². The third-order valence-corrected chi connectivity index (χ3v) is 6.40. The molecule has 0 nitrogen and oxygen atoms in total. The third-order valence-electron chi connectivity index (χ3n) is 6.40. The quantitative estimate of drug-likeness (QED) is 0.579. The summed E-state index contributed by atoms with van der Waals surface area (Å²) < 4.78 is 0. The Morgan fingerprint density at radius 3 is 1.88 bits per heavy atom. The SMILES string of the molecule is CC(C)C1CCC2CC3CCCCC3CC2C1. The molecule has 17 heavy (non-hydrogen) atoms. The third kappa shape index (κ3) is 2.42. The standard InChI is InChI=1S/C17H30/c1-12(2)13-7-8-16-10-14-5-3-4-6-15(14)11-17(16)9-13/h12-17H,3-11H2,1-2H3. The van der Waals surface area contributed by atoms with Gasteiger partial charge in [0, 0.05) is 0 Å². The zero-order valence-electron chi connectivity index (χ0n) is 11.8. The lowest BCUT2D eigenvalue weighted by atomic mass is 9.57. The molecule has 3 aliphatic carbocycles. The van der Waals surface area contributed by atoms with E-state index >= 15 is 0 Å². The number of hydrogen-bond acceptors (Lipinski definition) is 0. The van der Waals surface area contributed by atoms with Crippen LogP contribution in [0.25, 0.3) is 0 Å². The van der Waals surface area contributed by atoms with Crippen molar-refractivity contribution in [3.8, 4) is 0 Å². The molecule has 3 saturated carbocycles. The molecule has 0 aromatic heterocycles. The van der Waals surface area contributed by atoms with Crippen LogP contribution in [0.15, 0.2) is 0 Å². The summed E-state index contributed by atoms with van der Waals surface area (Å²) in [5.74, 6) is 6.51. The van der Waals surface area contributed by atoms with Gasteiger partial charge in [-0.25, -0.2) is 0 Å². The molecule has 0 aromatic rings. The Hall–Kier alpha value is 0. The maximum atomic E-state index is 2.44. The van der Waals surface area contributed by atoms with Gasteiger partial charge in [0.15, 0.2) is 0 Å². The molecule has 0 heterocycles. The Morgan fingerprint density at radius 2 is 1.24 bits per heavy atom. The van der Waals surface area contributed by atoms with Crippen LogP contribution in [0.1, 0.15) is 71.6 Å². The molecule has 0 saturated heterocycles. The van der Waals surface area contributed by atoms with E-state index in [0.29, 0.717) is 0 Å². The Morgan fingerprint density at radius 1 is 0.647 bits per heavy atom. The van der Waals surface area contributed by atoms with Crippen molar-refractivity contribution >= 4 is 0 Å². The minimum atomic E-state index is 0.931. The highest BCUT2D eigenvalue weighted by Gasteiger charge is 2.41. The lowest BCUT2D eigenvalue weighted by Crippen LogP contribution is -2.38. The summed E-state index contributed by atoms with van der Waals surface area (Å²) in [7, 11) is 0. The highest BCUT2D eigenvalue weighted by molar-refractivity contribution is 4.91. The van der Waals surface area contributed by atoms with Gasteiger partial charge < -0.3 is 0 Å². The first-order chi connectivity index (χ1) is 8.24. The van der Waals surface area contributed by atoms with Crippen molar-refractivity contribution in [3.63, 3.8) is 0 Å². The molecule has 0 bridgehead atoms. The van der Waals surface area contributed by atoms with Crippen LogP contribution >= 0.6 is 0 Å². The van der Waals surface area contributed by atoms with Gasteiger partial charge in [-0.3, -0.25) is 0 Å². The van der Waals surface area contributed by atoms with Crippen LogP contribution < -0.4 is 0 Å². The molecule has 0 spiro atoms. The van der Waals surface area contributed by atoms with E-state index in [-0.39, 0.29) is 0 Å². The van der Waals surface area contributed by atoms with Gasteiger partial charge in [0.1, 0.15) is 0 Å². The molecule has 5 unspecified atom stereocenters. The van der Waals surface area contributed by atoms with Crippen LogP contribution in [0.2, 0.25) is 0 Å². The molecule has 3 aliphatic rings. The predicted octanol–water partition coefficient (Wildman–Crippen LogP) is 5.28. The molecule has 5 atom stereocenters. The fourth-order valence-electron chi connectivity index (χ4n) is 5.25. The van der Waals surface area contributed by atoms with Crippen molar-refractivity contribution in [3.05, 3.63) is 0 Å². The Balaban J connectivity index is 1.64. The zero-order valence-corrected chi connectivity index (χ0v) is 11.8. The van der Waals surface area contributed by atoms with Crippen LogP contribution in [0.5, 0.6) is 0 Å². The predicted molar refractivity (Wildman–Crippen MR) is 73.8 cm³/mol. The minimum absolute atomic E-state index is 0.931. The van der Waals surface area contributed by atoms with Crippen molar-refractivity contribution in [1.82, 2.24) is 0 Å². The van der Waals surface area contributed by atoms with Crippen molar-refractivity contribution in [1.29, 1.82) is 0 Å². The summed E-state index contributed by atoms with van der Waals surface area (Å²) in [6, 6.07) is 0. The van der Waals surface area contributed by atoms with Crippen molar-refractivity contribution < 1.29 is 0 Å². The van der Waals surface area contributed by atoms with Crippen molar-refractivity contribution in [2.24, 2.45) is 35.5 Å². The van der Waals surface area contributed by atoms with Crippen LogP contribution in [-0.2, 0) is 0 Å². The zero-order chi connectivity index (χ0) is 11.8. The van der Waals surface area contributed by atoms with Gasteiger partial charge in [-0.05, 0) is 67.6 Å². The first-order valence-corrected chi connectivity index (χ1v) is 8.24. The van der Waals surface area contributed by atoms with E-state index in [2.05, 4.69) is 13.8 Å². The average Bonchev–Trinajstić information content (AvgIpc) is 2.35. The van der Waals surface area contributed by atoms with E-state index in [4.69, 9.17) is 0 Å². The number of hydrogen-bond donors (Lipinski definition) is 0. The normalized spacial score (nSPS) is 46.4. The van der Waals surface area contributed by atoms with Gasteiger partial charge in [0.05, 0.1) is 0 Å². The van der Waals surface area contributed by atoms with Gasteiger partial charge >= 0.3 is 0 Å². The second-order valence-electron chi connectivity index (χ2n) is 7.61. The molecule has 3 rings (SSSR count). The van der Waals surface area contributed by atoms with Crippen LogP contribution in [0, 0.1) is 35.5 Å². The smallest absolute Gasteiger partial charge is 0.0380 e. The summed E-state index contributed by atoms with van der Waals surface area (Å²) >= 11 is 0. The summed E-state index contributed by atoms with van der Waals surface area (Å²) in [5.41, 5.74) is 0. The van der Waals surface area contributed by atoms with Gasteiger partial charge in [-0.1, -0.05) is 39.5 Å². The average molecular weight is 234 g/mol. The van der Waals surface area contributed by atoms with Crippen molar-refractivity contribution in [2.75, 3.05) is 0 Å². The molecule has 0 aromatic carbocycles. The Bertz CT molecular complexity index is 255. The summed E-state index contributed by atoms with van der Waals surface area (Å²) in [6.45, 7) is 4.88. The maximum Gasteiger partial charge on any atom is -0.0380 e.